The van der Waals surface area contributed by atoms with Gasteiger partial charge in [0.2, 0.25) is 0 Å². The second-order valence-corrected chi connectivity index (χ2v) is 3.20. The lowest BCUT2D eigenvalue weighted by Crippen LogP contribution is -1.88. The van der Waals surface area contributed by atoms with Gasteiger partial charge < -0.3 is 14.3 Å². The fraction of sp³-hybridized carbons (Fsp3) is 0.273. The molecule has 1 aromatic carbocycles. The van der Waals surface area contributed by atoms with Crippen LogP contribution >= 0.6 is 0 Å². The fourth-order valence-electron chi connectivity index (χ4n) is 1.53. The molecule has 0 aliphatic heterocycles. The minimum absolute atomic E-state index is 0.525. The Labute approximate surface area is 81.9 Å². The highest BCUT2D eigenvalue weighted by Crippen LogP contribution is 2.32. The molecule has 0 amide bonds. The van der Waals surface area contributed by atoms with Crippen LogP contribution in [0.2, 0.25) is 0 Å². The minimum atomic E-state index is -0.525. The number of aliphatic hydroxyl groups is 1. The van der Waals surface area contributed by atoms with Gasteiger partial charge in [-0.25, -0.2) is 0 Å². The van der Waals surface area contributed by atoms with E-state index in [1.807, 2.05) is 18.2 Å². The molecule has 0 saturated carbocycles. The summed E-state index contributed by atoms with van der Waals surface area (Å²) in [6.07, 6.45) is 1.04. The SMILES string of the molecule is COc1cccc2c(C(C)O)coc12. The Kier molecular flexibility index (Phi) is 2.17. The predicted octanol–water partition coefficient (Wildman–Crippen LogP) is 2.49. The summed E-state index contributed by atoms with van der Waals surface area (Å²) in [7, 11) is 1.60. The summed E-state index contributed by atoms with van der Waals surface area (Å²) in [5.41, 5.74) is 1.48. The number of hydrogen-bond acceptors (Lipinski definition) is 3. The zero-order valence-corrected chi connectivity index (χ0v) is 8.15. The standard InChI is InChI=1S/C11H12O3/c1-7(12)9-6-14-11-8(9)4-3-5-10(11)13-2/h3-7,12H,1-2H3. The van der Waals surface area contributed by atoms with E-state index in [-0.39, 0.29) is 0 Å². The number of methoxy groups -OCH3 is 1. The Bertz CT molecular complexity index is 443. The lowest BCUT2D eigenvalue weighted by atomic mass is 10.1. The molecule has 0 saturated heterocycles. The third-order valence-corrected chi connectivity index (χ3v) is 2.26. The van der Waals surface area contributed by atoms with Gasteiger partial charge in [-0.3, -0.25) is 0 Å². The molecule has 1 heterocycles. The summed E-state index contributed by atoms with van der Waals surface area (Å²) in [5, 5.41) is 10.4. The normalized spacial score (nSPS) is 13.1. The van der Waals surface area contributed by atoms with E-state index in [4.69, 9.17) is 9.15 Å². The molecule has 0 fully saturated rings. The molecule has 3 heteroatoms. The van der Waals surface area contributed by atoms with E-state index in [0.29, 0.717) is 11.3 Å². The first-order valence-electron chi connectivity index (χ1n) is 4.46. The smallest absolute Gasteiger partial charge is 0.176 e. The van der Waals surface area contributed by atoms with Gasteiger partial charge >= 0.3 is 0 Å². The maximum Gasteiger partial charge on any atom is 0.176 e. The Morgan fingerprint density at radius 2 is 2.21 bits per heavy atom. The molecule has 3 nitrogen and oxygen atoms in total. The van der Waals surface area contributed by atoms with Gasteiger partial charge in [-0.2, -0.15) is 0 Å². The Balaban J connectivity index is 2.69. The minimum Gasteiger partial charge on any atom is -0.493 e. The molecule has 74 valence electrons. The lowest BCUT2D eigenvalue weighted by Gasteiger charge is -2.01. The Hall–Kier alpha value is -1.48. The molecule has 0 spiro atoms. The van der Waals surface area contributed by atoms with Crippen LogP contribution in [0.1, 0.15) is 18.6 Å². The van der Waals surface area contributed by atoms with Crippen LogP contribution in [-0.2, 0) is 0 Å². The monoisotopic (exact) mass is 192 g/mol. The van der Waals surface area contributed by atoms with E-state index in [1.165, 1.54) is 0 Å². The number of aliphatic hydroxyl groups excluding tert-OH is 1. The fourth-order valence-corrected chi connectivity index (χ4v) is 1.53. The topological polar surface area (TPSA) is 42.6 Å². The molecule has 0 aliphatic rings. The third kappa shape index (κ3) is 1.26. The van der Waals surface area contributed by atoms with Crippen molar-refractivity contribution in [2.24, 2.45) is 0 Å². The number of hydrogen-bond donors (Lipinski definition) is 1. The molecule has 1 N–H and O–H groups in total. The van der Waals surface area contributed by atoms with E-state index >= 15 is 0 Å². The van der Waals surface area contributed by atoms with Crippen LogP contribution in [0.4, 0.5) is 0 Å². The number of benzene rings is 1. The van der Waals surface area contributed by atoms with E-state index in [2.05, 4.69) is 0 Å². The summed E-state index contributed by atoms with van der Waals surface area (Å²) >= 11 is 0. The van der Waals surface area contributed by atoms with Crippen molar-refractivity contribution in [2.45, 2.75) is 13.0 Å². The highest BCUT2D eigenvalue weighted by atomic mass is 16.5. The maximum atomic E-state index is 9.47. The second kappa shape index (κ2) is 3.35. The molecule has 2 rings (SSSR count). The van der Waals surface area contributed by atoms with Crippen molar-refractivity contribution in [3.63, 3.8) is 0 Å². The number of fused-ring (bicyclic) bond motifs is 1. The highest BCUT2D eigenvalue weighted by Gasteiger charge is 2.12. The molecule has 0 aliphatic carbocycles. The van der Waals surface area contributed by atoms with Crippen molar-refractivity contribution in [3.05, 3.63) is 30.0 Å². The molecule has 1 atom stereocenters. The van der Waals surface area contributed by atoms with Gasteiger partial charge in [-0.05, 0) is 13.0 Å². The average Bonchev–Trinajstić information content (AvgIpc) is 2.60. The summed E-state index contributed by atoms with van der Waals surface area (Å²) in [5.74, 6) is 0.689. The van der Waals surface area contributed by atoms with E-state index < -0.39 is 6.10 Å². The van der Waals surface area contributed by atoms with Crippen molar-refractivity contribution in [2.75, 3.05) is 7.11 Å². The van der Waals surface area contributed by atoms with Crippen molar-refractivity contribution in [3.8, 4) is 5.75 Å². The molecule has 0 bridgehead atoms. The number of para-hydroxylation sites is 1. The van der Waals surface area contributed by atoms with Gasteiger partial charge in [0.1, 0.15) is 0 Å². The Morgan fingerprint density at radius 3 is 2.86 bits per heavy atom. The maximum absolute atomic E-state index is 9.47. The van der Waals surface area contributed by atoms with E-state index in [1.54, 1.807) is 20.3 Å². The summed E-state index contributed by atoms with van der Waals surface area (Å²) in [6.45, 7) is 1.71. The molecule has 14 heavy (non-hydrogen) atoms. The van der Waals surface area contributed by atoms with Crippen molar-refractivity contribution < 1.29 is 14.3 Å². The van der Waals surface area contributed by atoms with Gasteiger partial charge in [-0.15, -0.1) is 0 Å². The highest BCUT2D eigenvalue weighted by molar-refractivity contribution is 5.86. The zero-order chi connectivity index (χ0) is 10.1. The first kappa shape index (κ1) is 9.09. The van der Waals surface area contributed by atoms with Crippen LogP contribution in [0, 0.1) is 0 Å². The molecular weight excluding hydrogens is 180 g/mol. The van der Waals surface area contributed by atoms with Crippen LogP contribution in [0.5, 0.6) is 5.75 Å². The second-order valence-electron chi connectivity index (χ2n) is 3.20. The van der Waals surface area contributed by atoms with Crippen molar-refractivity contribution >= 4 is 11.0 Å². The van der Waals surface area contributed by atoms with Gasteiger partial charge in [-0.1, -0.05) is 12.1 Å². The van der Waals surface area contributed by atoms with Gasteiger partial charge in [0.25, 0.3) is 0 Å². The Morgan fingerprint density at radius 1 is 1.43 bits per heavy atom. The summed E-state index contributed by atoms with van der Waals surface area (Å²) in [6, 6.07) is 5.61. The molecule has 0 radical (unpaired) electrons. The largest absolute Gasteiger partial charge is 0.493 e. The summed E-state index contributed by atoms with van der Waals surface area (Å²) in [4.78, 5) is 0. The number of rotatable bonds is 2. The number of furan rings is 1. The third-order valence-electron chi connectivity index (χ3n) is 2.26. The first-order valence-corrected chi connectivity index (χ1v) is 4.46. The summed E-state index contributed by atoms with van der Waals surface area (Å²) < 4.78 is 10.5. The van der Waals surface area contributed by atoms with E-state index in [9.17, 15) is 5.11 Å². The molecule has 2 aromatic rings. The molecule has 1 aromatic heterocycles. The van der Waals surface area contributed by atoms with Crippen LogP contribution in [0.15, 0.2) is 28.9 Å². The lowest BCUT2D eigenvalue weighted by molar-refractivity contribution is 0.199. The first-order chi connectivity index (χ1) is 6.74. The predicted molar refractivity (Wildman–Crippen MR) is 53.4 cm³/mol. The quantitative estimate of drug-likeness (QED) is 0.794. The van der Waals surface area contributed by atoms with Crippen LogP contribution in [-0.4, -0.2) is 12.2 Å². The molecule has 1 unspecified atom stereocenters. The zero-order valence-electron chi connectivity index (χ0n) is 8.15. The van der Waals surface area contributed by atoms with E-state index in [0.717, 1.165) is 10.9 Å². The van der Waals surface area contributed by atoms with Gasteiger partial charge in [0, 0.05) is 10.9 Å². The van der Waals surface area contributed by atoms with Crippen LogP contribution < -0.4 is 4.74 Å². The number of ether oxygens (including phenoxy) is 1. The van der Waals surface area contributed by atoms with Crippen molar-refractivity contribution in [1.29, 1.82) is 0 Å². The average molecular weight is 192 g/mol. The van der Waals surface area contributed by atoms with Gasteiger partial charge in [0.15, 0.2) is 11.3 Å². The van der Waals surface area contributed by atoms with Crippen LogP contribution in [0.3, 0.4) is 0 Å². The molecular formula is C11H12O3. The van der Waals surface area contributed by atoms with Crippen molar-refractivity contribution in [1.82, 2.24) is 0 Å². The van der Waals surface area contributed by atoms with Gasteiger partial charge in [0.05, 0.1) is 19.5 Å². The van der Waals surface area contributed by atoms with Crippen LogP contribution in [0.25, 0.3) is 11.0 Å².